The summed E-state index contributed by atoms with van der Waals surface area (Å²) in [5.41, 5.74) is 0. The minimum atomic E-state index is -0.149. The molecule has 0 aromatic rings. The third-order valence-electron chi connectivity index (χ3n) is 2.89. The van der Waals surface area contributed by atoms with E-state index in [-0.39, 0.29) is 12.2 Å². The maximum Gasteiger partial charge on any atom is 0.410 e. The summed E-state index contributed by atoms with van der Waals surface area (Å²) in [5, 5.41) is 0. The summed E-state index contributed by atoms with van der Waals surface area (Å²) < 4.78 is 5.31. The monoisotopic (exact) mass is 199 g/mol. The quantitative estimate of drug-likeness (QED) is 0.681. The molecule has 2 unspecified atom stereocenters. The van der Waals surface area contributed by atoms with Crippen LogP contribution in [0.5, 0.6) is 0 Å². The van der Waals surface area contributed by atoms with E-state index in [1.807, 2.05) is 7.05 Å². The number of hydrogen-bond donors (Lipinski definition) is 0. The van der Waals surface area contributed by atoms with Crippen molar-refractivity contribution >= 4 is 6.09 Å². The molecule has 1 saturated heterocycles. The molecule has 1 fully saturated rings. The topological polar surface area (TPSA) is 29.5 Å². The van der Waals surface area contributed by atoms with Crippen molar-refractivity contribution in [3.05, 3.63) is 0 Å². The van der Waals surface area contributed by atoms with Gasteiger partial charge in [0.2, 0.25) is 0 Å². The molecule has 0 bridgehead atoms. The predicted octanol–water partition coefficient (Wildman–Crippen LogP) is 2.80. The van der Waals surface area contributed by atoms with Crippen LogP contribution in [0.1, 0.15) is 46.0 Å². The molecule has 82 valence electrons. The van der Waals surface area contributed by atoms with Crippen LogP contribution in [0.4, 0.5) is 4.79 Å². The molecule has 0 aliphatic carbocycles. The standard InChI is InChI=1S/C11H21NO2/c1-4-6-8-9-10(7-5-2)14-11(13)12(9)3/h9-10H,4-8H2,1-3H3. The Morgan fingerprint density at radius 2 is 2.00 bits per heavy atom. The number of hydrogen-bond acceptors (Lipinski definition) is 2. The molecular weight excluding hydrogens is 178 g/mol. The molecule has 3 heteroatoms. The molecule has 0 aromatic carbocycles. The molecule has 0 radical (unpaired) electrons. The van der Waals surface area contributed by atoms with E-state index in [0.29, 0.717) is 6.04 Å². The van der Waals surface area contributed by atoms with Gasteiger partial charge in [0.1, 0.15) is 6.10 Å². The van der Waals surface area contributed by atoms with E-state index < -0.39 is 0 Å². The summed E-state index contributed by atoms with van der Waals surface area (Å²) in [4.78, 5) is 13.1. The average Bonchev–Trinajstić information content (AvgIpc) is 2.42. The molecule has 3 nitrogen and oxygen atoms in total. The lowest BCUT2D eigenvalue weighted by Gasteiger charge is -2.20. The summed E-state index contributed by atoms with van der Waals surface area (Å²) >= 11 is 0. The lowest BCUT2D eigenvalue weighted by Crippen LogP contribution is -2.33. The molecule has 1 amide bonds. The molecule has 1 aliphatic heterocycles. The second-order valence-electron chi connectivity index (χ2n) is 4.03. The Bertz CT molecular complexity index is 194. The zero-order valence-electron chi connectivity index (χ0n) is 9.45. The maximum absolute atomic E-state index is 11.3. The molecular formula is C11H21NO2. The van der Waals surface area contributed by atoms with Crippen LogP contribution in [0, 0.1) is 0 Å². The van der Waals surface area contributed by atoms with Gasteiger partial charge < -0.3 is 9.64 Å². The smallest absolute Gasteiger partial charge is 0.410 e. The Hall–Kier alpha value is -0.730. The number of carbonyl (C=O) groups is 1. The van der Waals surface area contributed by atoms with Gasteiger partial charge in [-0.1, -0.05) is 33.1 Å². The molecule has 0 aromatic heterocycles. The van der Waals surface area contributed by atoms with Gasteiger partial charge in [-0.05, 0) is 12.8 Å². The Morgan fingerprint density at radius 3 is 2.57 bits per heavy atom. The number of unbranched alkanes of at least 4 members (excludes halogenated alkanes) is 1. The van der Waals surface area contributed by atoms with Crippen molar-refractivity contribution in [2.45, 2.75) is 58.1 Å². The van der Waals surface area contributed by atoms with E-state index in [2.05, 4.69) is 13.8 Å². The maximum atomic E-state index is 11.3. The third-order valence-corrected chi connectivity index (χ3v) is 2.89. The van der Waals surface area contributed by atoms with Gasteiger partial charge in [0.25, 0.3) is 0 Å². The van der Waals surface area contributed by atoms with E-state index in [1.165, 1.54) is 12.8 Å². The van der Waals surface area contributed by atoms with Crippen LogP contribution >= 0.6 is 0 Å². The molecule has 1 aliphatic rings. The van der Waals surface area contributed by atoms with Crippen molar-refractivity contribution in [2.24, 2.45) is 0 Å². The number of rotatable bonds is 5. The molecule has 0 saturated carbocycles. The fourth-order valence-electron chi connectivity index (χ4n) is 2.00. The van der Waals surface area contributed by atoms with Crippen LogP contribution in [0.2, 0.25) is 0 Å². The fourth-order valence-corrected chi connectivity index (χ4v) is 2.00. The van der Waals surface area contributed by atoms with Crippen molar-refractivity contribution in [2.75, 3.05) is 7.05 Å². The van der Waals surface area contributed by atoms with Gasteiger partial charge in [-0.15, -0.1) is 0 Å². The lowest BCUT2D eigenvalue weighted by atomic mass is 10.0. The van der Waals surface area contributed by atoms with Crippen LogP contribution in [0.3, 0.4) is 0 Å². The first kappa shape index (κ1) is 11.3. The van der Waals surface area contributed by atoms with Crippen LogP contribution in [-0.4, -0.2) is 30.2 Å². The van der Waals surface area contributed by atoms with Crippen molar-refractivity contribution < 1.29 is 9.53 Å². The molecule has 0 spiro atoms. The Balaban J connectivity index is 2.51. The Kier molecular flexibility index (Phi) is 4.23. The van der Waals surface area contributed by atoms with Crippen molar-refractivity contribution in [3.8, 4) is 0 Å². The van der Waals surface area contributed by atoms with E-state index >= 15 is 0 Å². The Morgan fingerprint density at radius 1 is 1.29 bits per heavy atom. The zero-order valence-corrected chi connectivity index (χ0v) is 9.45. The Labute approximate surface area is 86.4 Å². The largest absolute Gasteiger partial charge is 0.444 e. The van der Waals surface area contributed by atoms with E-state index in [9.17, 15) is 4.79 Å². The minimum absolute atomic E-state index is 0.129. The summed E-state index contributed by atoms with van der Waals surface area (Å²) in [6.45, 7) is 4.30. The van der Waals surface area contributed by atoms with E-state index in [4.69, 9.17) is 4.74 Å². The van der Waals surface area contributed by atoms with Crippen molar-refractivity contribution in [1.29, 1.82) is 0 Å². The zero-order chi connectivity index (χ0) is 10.6. The van der Waals surface area contributed by atoms with Gasteiger partial charge in [-0.2, -0.15) is 0 Å². The fraction of sp³-hybridized carbons (Fsp3) is 0.909. The highest BCUT2D eigenvalue weighted by molar-refractivity contribution is 5.70. The summed E-state index contributed by atoms with van der Waals surface area (Å²) in [6, 6.07) is 0.308. The number of carbonyl (C=O) groups excluding carboxylic acids is 1. The third kappa shape index (κ3) is 2.40. The van der Waals surface area contributed by atoms with E-state index in [1.54, 1.807) is 4.90 Å². The first-order valence-corrected chi connectivity index (χ1v) is 5.64. The molecule has 0 N–H and O–H groups in total. The highest BCUT2D eigenvalue weighted by Crippen LogP contribution is 2.25. The number of nitrogens with zero attached hydrogens (tertiary/aromatic N) is 1. The SMILES string of the molecule is CCCCC1C(CCC)OC(=O)N1C. The van der Waals surface area contributed by atoms with Crippen LogP contribution in [0.25, 0.3) is 0 Å². The number of amides is 1. The van der Waals surface area contributed by atoms with Crippen LogP contribution in [0.15, 0.2) is 0 Å². The summed E-state index contributed by atoms with van der Waals surface area (Å²) in [7, 11) is 1.85. The van der Waals surface area contributed by atoms with Gasteiger partial charge in [0.05, 0.1) is 6.04 Å². The first-order chi connectivity index (χ1) is 6.70. The number of likely N-dealkylation sites (N-methyl/N-ethyl adjacent to an activating group) is 1. The summed E-state index contributed by atoms with van der Waals surface area (Å²) in [5.74, 6) is 0. The van der Waals surface area contributed by atoms with Crippen molar-refractivity contribution in [3.63, 3.8) is 0 Å². The van der Waals surface area contributed by atoms with Gasteiger partial charge in [0, 0.05) is 7.05 Å². The summed E-state index contributed by atoms with van der Waals surface area (Å²) in [6.07, 6.45) is 5.47. The molecule has 2 atom stereocenters. The number of ether oxygens (including phenoxy) is 1. The van der Waals surface area contributed by atoms with Gasteiger partial charge >= 0.3 is 6.09 Å². The van der Waals surface area contributed by atoms with Crippen molar-refractivity contribution in [1.82, 2.24) is 4.90 Å². The van der Waals surface area contributed by atoms with Crippen LogP contribution in [-0.2, 0) is 4.74 Å². The second kappa shape index (κ2) is 5.23. The predicted molar refractivity (Wildman–Crippen MR) is 56.3 cm³/mol. The molecule has 1 rings (SSSR count). The lowest BCUT2D eigenvalue weighted by molar-refractivity contribution is 0.123. The number of cyclic esters (lactones) is 1. The van der Waals surface area contributed by atoms with Gasteiger partial charge in [0.15, 0.2) is 0 Å². The highest BCUT2D eigenvalue weighted by Gasteiger charge is 2.37. The highest BCUT2D eigenvalue weighted by atomic mass is 16.6. The van der Waals surface area contributed by atoms with Crippen LogP contribution < -0.4 is 0 Å². The van der Waals surface area contributed by atoms with Gasteiger partial charge in [-0.3, -0.25) is 0 Å². The second-order valence-corrected chi connectivity index (χ2v) is 4.03. The first-order valence-electron chi connectivity index (χ1n) is 5.64. The van der Waals surface area contributed by atoms with Gasteiger partial charge in [-0.25, -0.2) is 4.79 Å². The average molecular weight is 199 g/mol. The molecule has 1 heterocycles. The van der Waals surface area contributed by atoms with E-state index in [0.717, 1.165) is 19.3 Å². The normalized spacial score (nSPS) is 26.8. The minimum Gasteiger partial charge on any atom is -0.444 e. The molecule has 14 heavy (non-hydrogen) atoms.